The first-order valence-corrected chi connectivity index (χ1v) is 3.16. The lowest BCUT2D eigenvalue weighted by molar-refractivity contribution is -0.113. The lowest BCUT2D eigenvalue weighted by Crippen LogP contribution is -2.04. The van der Waals surface area contributed by atoms with Gasteiger partial charge in [-0.1, -0.05) is 18.7 Å². The van der Waals surface area contributed by atoms with Crippen LogP contribution in [0.5, 0.6) is 0 Å². The van der Waals surface area contributed by atoms with E-state index in [0.717, 1.165) is 6.08 Å². The van der Waals surface area contributed by atoms with Crippen molar-refractivity contribution >= 4 is 5.91 Å². The van der Waals surface area contributed by atoms with Crippen molar-refractivity contribution in [2.45, 2.75) is 13.8 Å². The zero-order valence-corrected chi connectivity index (χ0v) is 7.34. The molecule has 0 aliphatic heterocycles. The average Bonchev–Trinajstić information content (AvgIpc) is 1.91. The topological polar surface area (TPSA) is 43.1 Å². The third-order valence-corrected chi connectivity index (χ3v) is 0.201. The minimum absolute atomic E-state index is 0.481. The Kier molecular flexibility index (Phi) is 34.7. The molecule has 64 valence electrons. The van der Waals surface area contributed by atoms with Crippen molar-refractivity contribution in [3.8, 4) is 0 Å². The number of primary amides is 1. The molecule has 0 bridgehead atoms. The van der Waals surface area contributed by atoms with Gasteiger partial charge in [0.15, 0.2) is 0 Å². The van der Waals surface area contributed by atoms with Crippen LogP contribution in [0.2, 0.25) is 0 Å². The van der Waals surface area contributed by atoms with Gasteiger partial charge in [0.2, 0.25) is 5.91 Å². The van der Waals surface area contributed by atoms with Gasteiger partial charge in [0, 0.05) is 0 Å². The van der Waals surface area contributed by atoms with Crippen LogP contribution in [-0.4, -0.2) is 5.91 Å². The number of hydrogen-bond acceptors (Lipinski definition) is 1. The van der Waals surface area contributed by atoms with Crippen molar-refractivity contribution < 1.29 is 4.79 Å². The van der Waals surface area contributed by atoms with E-state index >= 15 is 0 Å². The van der Waals surface area contributed by atoms with Crippen LogP contribution in [0.1, 0.15) is 13.8 Å². The molecule has 2 nitrogen and oxygen atoms in total. The Morgan fingerprint density at radius 2 is 1.27 bits per heavy atom. The maximum atomic E-state index is 9.47. The monoisotopic (exact) mass is 155 g/mol. The summed E-state index contributed by atoms with van der Waals surface area (Å²) in [7, 11) is 0. The molecule has 0 aromatic carbocycles. The Hall–Kier alpha value is -1.31. The van der Waals surface area contributed by atoms with Crippen molar-refractivity contribution in [1.82, 2.24) is 0 Å². The predicted octanol–water partition coefficient (Wildman–Crippen LogP) is 2.04. The van der Waals surface area contributed by atoms with Crippen LogP contribution >= 0.6 is 0 Å². The second-order valence-corrected chi connectivity index (χ2v) is 1.42. The van der Waals surface area contributed by atoms with Crippen molar-refractivity contribution in [1.29, 1.82) is 0 Å². The fraction of sp³-hybridized carbons (Fsp3) is 0.222. The quantitative estimate of drug-likeness (QED) is 0.457. The van der Waals surface area contributed by atoms with Gasteiger partial charge in [0.25, 0.3) is 0 Å². The van der Waals surface area contributed by atoms with Gasteiger partial charge < -0.3 is 5.73 Å². The number of amides is 1. The Morgan fingerprint density at radius 3 is 1.27 bits per heavy atom. The van der Waals surface area contributed by atoms with E-state index in [9.17, 15) is 4.79 Å². The molecule has 0 aromatic rings. The summed E-state index contributed by atoms with van der Waals surface area (Å²) in [6.07, 6.45) is 4.56. The third kappa shape index (κ3) is 817. The SMILES string of the molecule is C=CC.C=CC.C=CC(N)=O. The minimum atomic E-state index is -0.481. The van der Waals surface area contributed by atoms with Crippen molar-refractivity contribution in [3.05, 3.63) is 38.0 Å². The largest absolute Gasteiger partial charge is 0.366 e. The highest BCUT2D eigenvalue weighted by Gasteiger charge is 1.69. The average molecular weight is 155 g/mol. The molecule has 0 aliphatic rings. The second kappa shape index (κ2) is 23.4. The van der Waals surface area contributed by atoms with E-state index in [0.29, 0.717) is 0 Å². The summed E-state index contributed by atoms with van der Waals surface area (Å²) in [4.78, 5) is 9.47. The van der Waals surface area contributed by atoms with Crippen LogP contribution in [0.4, 0.5) is 0 Å². The summed E-state index contributed by atoms with van der Waals surface area (Å²) < 4.78 is 0. The third-order valence-electron chi connectivity index (χ3n) is 0.201. The Morgan fingerprint density at radius 1 is 1.18 bits per heavy atom. The van der Waals surface area contributed by atoms with Gasteiger partial charge in [-0.2, -0.15) is 0 Å². The molecule has 0 heterocycles. The molecule has 0 fully saturated rings. The van der Waals surface area contributed by atoms with Gasteiger partial charge >= 0.3 is 0 Å². The number of rotatable bonds is 1. The lowest BCUT2D eigenvalue weighted by Gasteiger charge is -1.65. The van der Waals surface area contributed by atoms with E-state index in [2.05, 4.69) is 25.5 Å². The van der Waals surface area contributed by atoms with Crippen molar-refractivity contribution in [3.63, 3.8) is 0 Å². The normalized spacial score (nSPS) is 5.27. The van der Waals surface area contributed by atoms with Crippen molar-refractivity contribution in [2.24, 2.45) is 5.73 Å². The van der Waals surface area contributed by atoms with Crippen molar-refractivity contribution in [2.75, 3.05) is 0 Å². The smallest absolute Gasteiger partial charge is 0.240 e. The maximum absolute atomic E-state index is 9.47. The second-order valence-electron chi connectivity index (χ2n) is 1.42. The summed E-state index contributed by atoms with van der Waals surface area (Å²) in [6, 6.07) is 0. The summed E-state index contributed by atoms with van der Waals surface area (Å²) in [6.45, 7) is 13.6. The molecular weight excluding hydrogens is 138 g/mol. The highest BCUT2D eigenvalue weighted by Crippen LogP contribution is 1.48. The van der Waals surface area contributed by atoms with Gasteiger partial charge in [-0.3, -0.25) is 4.79 Å². The molecule has 0 unspecified atom stereocenters. The summed E-state index contributed by atoms with van der Waals surface area (Å²) in [5.41, 5.74) is 4.53. The number of carbonyl (C=O) groups is 1. The highest BCUT2D eigenvalue weighted by molar-refractivity contribution is 5.84. The molecule has 0 rings (SSSR count). The maximum Gasteiger partial charge on any atom is 0.240 e. The fourth-order valence-corrected chi connectivity index (χ4v) is 0. The van der Waals surface area contributed by atoms with E-state index in [1.807, 2.05) is 13.8 Å². The van der Waals surface area contributed by atoms with E-state index < -0.39 is 5.91 Å². The van der Waals surface area contributed by atoms with Crippen LogP contribution in [0.25, 0.3) is 0 Å². The molecule has 1 amide bonds. The Labute approximate surface area is 69.1 Å². The fourth-order valence-electron chi connectivity index (χ4n) is 0. The predicted molar refractivity (Wildman–Crippen MR) is 51.1 cm³/mol. The van der Waals surface area contributed by atoms with Crippen LogP contribution in [0.3, 0.4) is 0 Å². The molecular formula is C9H17NO. The molecule has 0 saturated heterocycles. The van der Waals surface area contributed by atoms with E-state index in [1.165, 1.54) is 0 Å². The molecule has 0 aromatic heterocycles. The van der Waals surface area contributed by atoms with E-state index in [4.69, 9.17) is 0 Å². The number of allylic oxidation sites excluding steroid dienone is 2. The zero-order chi connectivity index (χ0) is 9.70. The Bertz CT molecular complexity index is 111. The summed E-state index contributed by atoms with van der Waals surface area (Å²) in [5, 5.41) is 0. The van der Waals surface area contributed by atoms with Gasteiger partial charge in [0.05, 0.1) is 0 Å². The van der Waals surface area contributed by atoms with Gasteiger partial charge in [0.1, 0.15) is 0 Å². The lowest BCUT2D eigenvalue weighted by atomic mass is 10.6. The molecule has 0 saturated carbocycles. The first-order chi connectivity index (χ1) is 5.10. The Balaban J connectivity index is -0.0000000933. The molecule has 2 heteroatoms. The van der Waals surface area contributed by atoms with Crippen LogP contribution in [-0.2, 0) is 4.79 Å². The molecule has 0 radical (unpaired) electrons. The zero-order valence-electron chi connectivity index (χ0n) is 7.34. The molecule has 11 heavy (non-hydrogen) atoms. The summed E-state index contributed by atoms with van der Waals surface area (Å²) >= 11 is 0. The first kappa shape index (κ1) is 16.3. The number of carbonyl (C=O) groups excluding carboxylic acids is 1. The van der Waals surface area contributed by atoms with Crippen LogP contribution in [0, 0.1) is 0 Å². The molecule has 0 spiro atoms. The van der Waals surface area contributed by atoms with Gasteiger partial charge in [-0.15, -0.1) is 13.2 Å². The van der Waals surface area contributed by atoms with Gasteiger partial charge in [-0.05, 0) is 19.9 Å². The first-order valence-electron chi connectivity index (χ1n) is 3.16. The summed E-state index contributed by atoms with van der Waals surface area (Å²) in [5.74, 6) is -0.481. The standard InChI is InChI=1S/C3H5NO.2C3H6/c1-2-3(4)5;2*1-3-2/h2H,1H2,(H2,4,5);2*3H,1H2,2H3. The molecule has 0 aliphatic carbocycles. The number of nitrogens with two attached hydrogens (primary N) is 1. The number of hydrogen-bond donors (Lipinski definition) is 1. The molecule has 2 N–H and O–H groups in total. The highest BCUT2D eigenvalue weighted by atomic mass is 16.1. The van der Waals surface area contributed by atoms with E-state index in [1.54, 1.807) is 12.2 Å². The molecule has 0 atom stereocenters. The van der Waals surface area contributed by atoms with Crippen LogP contribution < -0.4 is 5.73 Å². The minimum Gasteiger partial charge on any atom is -0.366 e. The van der Waals surface area contributed by atoms with Crippen LogP contribution in [0.15, 0.2) is 38.0 Å². The van der Waals surface area contributed by atoms with Gasteiger partial charge in [-0.25, -0.2) is 0 Å². The van der Waals surface area contributed by atoms with E-state index in [-0.39, 0.29) is 0 Å².